The average Bonchev–Trinajstić information content (AvgIpc) is 2.18. The Morgan fingerprint density at radius 1 is 1.05 bits per heavy atom. The Kier molecular flexibility index (Phi) is 4.03. The maximum atomic E-state index is 12.7. The topological polar surface area (TPSA) is 46.2 Å². The molecule has 3 N–H and O–H groups in total. The lowest BCUT2D eigenvalue weighted by molar-refractivity contribution is -0.376. The molecule has 0 spiro atoms. The van der Waals surface area contributed by atoms with Crippen LogP contribution in [0.2, 0.25) is 0 Å². The largest absolute Gasteiger partial charge is 0.430 e. The van der Waals surface area contributed by atoms with Gasteiger partial charge in [0.15, 0.2) is 0 Å². The van der Waals surface area contributed by atoms with Gasteiger partial charge in [-0.25, -0.2) is 0 Å². The Bertz CT molecular complexity index is 482. The highest BCUT2D eigenvalue weighted by molar-refractivity contribution is 14.1. The summed E-state index contributed by atoms with van der Waals surface area (Å²) in [7, 11) is 0. The second-order valence-electron chi connectivity index (χ2n) is 3.91. The first-order valence-electron chi connectivity index (χ1n) is 4.74. The van der Waals surface area contributed by atoms with Crippen molar-refractivity contribution >= 4 is 28.3 Å². The van der Waals surface area contributed by atoms with Crippen molar-refractivity contribution in [2.45, 2.75) is 24.9 Å². The molecule has 0 aliphatic carbocycles. The summed E-state index contributed by atoms with van der Waals surface area (Å²) in [5, 5.41) is 9.25. The zero-order valence-electron chi connectivity index (χ0n) is 9.33. The summed E-state index contributed by atoms with van der Waals surface area (Å²) < 4.78 is 76.2. The summed E-state index contributed by atoms with van der Waals surface area (Å²) in [4.78, 5) is 0. The Morgan fingerprint density at radius 2 is 1.47 bits per heavy atom. The van der Waals surface area contributed by atoms with Gasteiger partial charge in [-0.3, -0.25) is 0 Å². The van der Waals surface area contributed by atoms with Crippen LogP contribution >= 0.6 is 22.6 Å². The van der Waals surface area contributed by atoms with Crippen molar-refractivity contribution in [1.82, 2.24) is 0 Å². The zero-order valence-corrected chi connectivity index (χ0v) is 11.5. The first-order chi connectivity index (χ1) is 8.32. The fourth-order valence-corrected chi connectivity index (χ4v) is 2.30. The first kappa shape index (κ1) is 16.3. The Labute approximate surface area is 117 Å². The van der Waals surface area contributed by atoms with Crippen molar-refractivity contribution < 1.29 is 31.4 Å². The molecule has 0 bridgehead atoms. The van der Waals surface area contributed by atoms with Crippen LogP contribution in [0.4, 0.5) is 32.0 Å². The van der Waals surface area contributed by atoms with E-state index < -0.39 is 29.2 Å². The lowest BCUT2D eigenvalue weighted by Gasteiger charge is -2.33. The lowest BCUT2D eigenvalue weighted by Crippen LogP contribution is -2.54. The minimum absolute atomic E-state index is 0.000440. The molecule has 0 aliphatic heterocycles. The van der Waals surface area contributed by atoms with E-state index >= 15 is 0 Å². The third-order valence-electron chi connectivity index (χ3n) is 2.48. The van der Waals surface area contributed by atoms with Gasteiger partial charge >= 0.3 is 12.4 Å². The van der Waals surface area contributed by atoms with E-state index in [1.54, 1.807) is 0 Å². The fraction of sp³-hybridized carbons (Fsp3) is 0.400. The number of hydrogen-bond donors (Lipinski definition) is 2. The van der Waals surface area contributed by atoms with Crippen LogP contribution in [-0.2, 0) is 5.60 Å². The highest BCUT2D eigenvalue weighted by atomic mass is 127. The van der Waals surface area contributed by atoms with Crippen molar-refractivity contribution in [3.63, 3.8) is 0 Å². The minimum Gasteiger partial charge on any atom is -0.398 e. The molecule has 19 heavy (non-hydrogen) atoms. The molecular weight excluding hydrogens is 391 g/mol. The molecule has 0 fully saturated rings. The molecule has 0 unspecified atom stereocenters. The second-order valence-corrected chi connectivity index (χ2v) is 5.08. The molecule has 9 heteroatoms. The van der Waals surface area contributed by atoms with E-state index in [9.17, 15) is 31.4 Å². The van der Waals surface area contributed by atoms with Gasteiger partial charge in [-0.2, -0.15) is 26.3 Å². The molecule has 0 saturated heterocycles. The van der Waals surface area contributed by atoms with Gasteiger partial charge in [0.2, 0.25) is 0 Å². The van der Waals surface area contributed by atoms with Gasteiger partial charge in [-0.05, 0) is 41.1 Å². The number of hydrogen-bond acceptors (Lipinski definition) is 2. The van der Waals surface area contributed by atoms with Gasteiger partial charge in [0.25, 0.3) is 5.60 Å². The summed E-state index contributed by atoms with van der Waals surface area (Å²) >= 11 is 1.50. The van der Waals surface area contributed by atoms with E-state index in [0.29, 0.717) is 6.07 Å². The number of alkyl halides is 6. The van der Waals surface area contributed by atoms with Crippen molar-refractivity contribution in [1.29, 1.82) is 0 Å². The highest BCUT2D eigenvalue weighted by Crippen LogP contribution is 2.52. The summed E-state index contributed by atoms with van der Waals surface area (Å²) in [6.07, 6.45) is -11.9. The normalized spacial score (nSPS) is 13.7. The van der Waals surface area contributed by atoms with Crippen LogP contribution in [0.3, 0.4) is 0 Å². The predicted molar refractivity (Wildman–Crippen MR) is 64.3 cm³/mol. The van der Waals surface area contributed by atoms with Crippen LogP contribution in [0.5, 0.6) is 0 Å². The summed E-state index contributed by atoms with van der Waals surface area (Å²) in [6.45, 7) is 1.30. The van der Waals surface area contributed by atoms with Gasteiger partial charge in [-0.15, -0.1) is 0 Å². The molecule has 1 rings (SSSR count). The Hall–Kier alpha value is -0.710. The van der Waals surface area contributed by atoms with Gasteiger partial charge in [0, 0.05) is 9.13 Å². The Morgan fingerprint density at radius 3 is 1.84 bits per heavy atom. The molecule has 0 heterocycles. The molecule has 0 amide bonds. The third-order valence-corrected chi connectivity index (χ3v) is 3.38. The molecule has 1 aromatic rings. The van der Waals surface area contributed by atoms with Crippen molar-refractivity contribution in [3.05, 3.63) is 26.8 Å². The van der Waals surface area contributed by atoms with Gasteiger partial charge in [0.1, 0.15) is 0 Å². The molecule has 2 nitrogen and oxygen atoms in total. The van der Waals surface area contributed by atoms with E-state index in [1.807, 2.05) is 0 Å². The van der Waals surface area contributed by atoms with Crippen LogP contribution in [-0.4, -0.2) is 17.5 Å². The van der Waals surface area contributed by atoms with Crippen LogP contribution < -0.4 is 5.73 Å². The third kappa shape index (κ3) is 2.62. The second kappa shape index (κ2) is 4.69. The SMILES string of the molecule is Cc1cc(I)c(N)c(C(O)(C(F)(F)F)C(F)(F)F)c1. The van der Waals surface area contributed by atoms with Crippen molar-refractivity contribution in [2.75, 3.05) is 5.73 Å². The quantitative estimate of drug-likeness (QED) is 0.432. The molecule has 0 atom stereocenters. The van der Waals surface area contributed by atoms with E-state index in [0.717, 1.165) is 0 Å². The van der Waals surface area contributed by atoms with Gasteiger partial charge in [-0.1, -0.05) is 6.07 Å². The average molecular weight is 399 g/mol. The number of halogens is 7. The number of aryl methyl sites for hydroxylation is 1. The van der Waals surface area contributed by atoms with Gasteiger partial charge in [0.05, 0.1) is 5.69 Å². The maximum Gasteiger partial charge on any atom is 0.430 e. The number of rotatable bonds is 1. The molecule has 0 saturated carbocycles. The molecule has 0 radical (unpaired) electrons. The lowest BCUT2D eigenvalue weighted by atomic mass is 9.89. The van der Waals surface area contributed by atoms with Crippen LogP contribution in [0.1, 0.15) is 11.1 Å². The zero-order chi connectivity index (χ0) is 15.2. The predicted octanol–water partition coefficient (Wildman–Crippen LogP) is 3.49. The summed E-state index contributed by atoms with van der Waals surface area (Å²) in [5.74, 6) is 0. The number of anilines is 1. The van der Waals surface area contributed by atoms with Gasteiger partial charge < -0.3 is 10.8 Å². The first-order valence-corrected chi connectivity index (χ1v) is 5.82. The number of aliphatic hydroxyl groups is 1. The number of nitrogens with two attached hydrogens (primary N) is 1. The summed E-state index contributed by atoms with van der Waals surface area (Å²) in [6, 6.07) is 1.89. The standard InChI is InChI=1S/C10H8F6INO/c1-4-2-5(7(18)6(17)3-4)8(19,9(11,12)13)10(14,15)16/h2-3,19H,18H2,1H3. The summed E-state index contributed by atoms with van der Waals surface area (Å²) in [5.41, 5.74) is -1.75. The molecular formula is C10H8F6INO. The number of nitrogen functional groups attached to an aromatic ring is 1. The molecule has 108 valence electrons. The molecule has 0 aromatic heterocycles. The fourth-order valence-electron chi connectivity index (χ4n) is 1.52. The number of benzene rings is 1. The molecule has 0 aliphatic rings. The van der Waals surface area contributed by atoms with Crippen molar-refractivity contribution in [2.24, 2.45) is 0 Å². The monoisotopic (exact) mass is 399 g/mol. The molecule has 1 aromatic carbocycles. The Balaban J connectivity index is 3.71. The highest BCUT2D eigenvalue weighted by Gasteiger charge is 2.72. The van der Waals surface area contributed by atoms with E-state index in [2.05, 4.69) is 0 Å². The van der Waals surface area contributed by atoms with Crippen molar-refractivity contribution in [3.8, 4) is 0 Å². The van der Waals surface area contributed by atoms with E-state index in [-0.39, 0.29) is 9.13 Å². The van der Waals surface area contributed by atoms with Crippen LogP contribution in [0, 0.1) is 10.5 Å². The van der Waals surface area contributed by atoms with E-state index in [1.165, 1.54) is 35.6 Å². The maximum absolute atomic E-state index is 12.7. The minimum atomic E-state index is -5.93. The van der Waals surface area contributed by atoms with Crippen LogP contribution in [0.15, 0.2) is 12.1 Å². The van der Waals surface area contributed by atoms with Crippen LogP contribution in [0.25, 0.3) is 0 Å². The van der Waals surface area contributed by atoms with E-state index in [4.69, 9.17) is 5.73 Å². The smallest absolute Gasteiger partial charge is 0.398 e.